The second-order valence-electron chi connectivity index (χ2n) is 4.68. The zero-order chi connectivity index (χ0) is 13.1. The van der Waals surface area contributed by atoms with Gasteiger partial charge in [-0.2, -0.15) is 0 Å². The van der Waals surface area contributed by atoms with Gasteiger partial charge in [-0.25, -0.2) is 0 Å². The predicted octanol–water partition coefficient (Wildman–Crippen LogP) is 1.74. The van der Waals surface area contributed by atoms with Gasteiger partial charge in [-0.3, -0.25) is 4.79 Å². The third kappa shape index (κ3) is 2.47. The second-order valence-corrected chi connectivity index (χ2v) is 4.68. The SMILES string of the molecule is CN(C)c1ccc(C(=O)N2CC=CCC2)cc1N. The van der Waals surface area contributed by atoms with Crippen molar-refractivity contribution in [1.82, 2.24) is 4.90 Å². The van der Waals surface area contributed by atoms with Gasteiger partial charge in [-0.15, -0.1) is 0 Å². The minimum Gasteiger partial charge on any atom is -0.397 e. The molecule has 0 aromatic heterocycles. The molecule has 0 atom stereocenters. The minimum absolute atomic E-state index is 0.0522. The van der Waals surface area contributed by atoms with Gasteiger partial charge in [0.05, 0.1) is 11.4 Å². The molecule has 0 fully saturated rings. The van der Waals surface area contributed by atoms with Gasteiger partial charge in [0.1, 0.15) is 0 Å². The zero-order valence-corrected chi connectivity index (χ0v) is 10.9. The lowest BCUT2D eigenvalue weighted by Gasteiger charge is -2.24. The summed E-state index contributed by atoms with van der Waals surface area (Å²) in [5.41, 5.74) is 8.20. The van der Waals surface area contributed by atoms with Gasteiger partial charge in [0, 0.05) is 32.7 Å². The van der Waals surface area contributed by atoms with Crippen molar-refractivity contribution < 1.29 is 4.79 Å². The molecule has 0 unspecified atom stereocenters. The number of hydrogen-bond donors (Lipinski definition) is 1. The van der Waals surface area contributed by atoms with E-state index in [1.165, 1.54) is 0 Å². The lowest BCUT2D eigenvalue weighted by Crippen LogP contribution is -2.33. The van der Waals surface area contributed by atoms with E-state index in [1.807, 2.05) is 42.1 Å². The van der Waals surface area contributed by atoms with Crippen molar-refractivity contribution in [2.24, 2.45) is 0 Å². The monoisotopic (exact) mass is 245 g/mol. The first-order valence-corrected chi connectivity index (χ1v) is 6.10. The molecule has 1 aliphatic heterocycles. The molecule has 96 valence electrons. The highest BCUT2D eigenvalue weighted by Crippen LogP contribution is 2.23. The van der Waals surface area contributed by atoms with Crippen LogP contribution in [0.25, 0.3) is 0 Å². The maximum atomic E-state index is 12.3. The Bertz CT molecular complexity index is 480. The average molecular weight is 245 g/mol. The maximum absolute atomic E-state index is 12.3. The van der Waals surface area contributed by atoms with Gasteiger partial charge in [0.25, 0.3) is 5.91 Å². The van der Waals surface area contributed by atoms with Gasteiger partial charge in [0.15, 0.2) is 0 Å². The molecule has 0 saturated heterocycles. The Labute approximate surface area is 108 Å². The van der Waals surface area contributed by atoms with Gasteiger partial charge in [-0.1, -0.05) is 12.2 Å². The molecule has 1 aliphatic rings. The van der Waals surface area contributed by atoms with E-state index >= 15 is 0 Å². The van der Waals surface area contributed by atoms with Crippen LogP contribution in [0.15, 0.2) is 30.4 Å². The number of anilines is 2. The first kappa shape index (κ1) is 12.5. The van der Waals surface area contributed by atoms with Crippen molar-refractivity contribution in [2.45, 2.75) is 6.42 Å². The normalized spacial score (nSPS) is 14.7. The molecule has 1 amide bonds. The lowest BCUT2D eigenvalue weighted by molar-refractivity contribution is 0.0771. The fraction of sp³-hybridized carbons (Fsp3) is 0.357. The molecule has 4 nitrogen and oxygen atoms in total. The zero-order valence-electron chi connectivity index (χ0n) is 10.9. The molecule has 0 aliphatic carbocycles. The fourth-order valence-electron chi connectivity index (χ4n) is 2.10. The highest BCUT2D eigenvalue weighted by atomic mass is 16.2. The van der Waals surface area contributed by atoms with E-state index in [0.29, 0.717) is 17.8 Å². The number of amides is 1. The van der Waals surface area contributed by atoms with Gasteiger partial charge < -0.3 is 15.5 Å². The summed E-state index contributed by atoms with van der Waals surface area (Å²) in [5, 5.41) is 0. The van der Waals surface area contributed by atoms with Crippen LogP contribution in [0.3, 0.4) is 0 Å². The van der Waals surface area contributed by atoms with Crippen LogP contribution in [0.4, 0.5) is 11.4 Å². The molecule has 0 saturated carbocycles. The average Bonchev–Trinajstić information content (AvgIpc) is 2.38. The molecular weight excluding hydrogens is 226 g/mol. The number of benzene rings is 1. The largest absolute Gasteiger partial charge is 0.397 e. The minimum atomic E-state index is 0.0522. The Morgan fingerprint density at radius 1 is 1.33 bits per heavy atom. The van der Waals surface area contributed by atoms with Crippen molar-refractivity contribution in [2.75, 3.05) is 37.8 Å². The molecule has 2 N–H and O–H groups in total. The third-order valence-electron chi connectivity index (χ3n) is 3.10. The Morgan fingerprint density at radius 3 is 2.67 bits per heavy atom. The van der Waals surface area contributed by atoms with Crippen molar-refractivity contribution in [3.8, 4) is 0 Å². The number of carbonyl (C=O) groups excluding carboxylic acids is 1. The summed E-state index contributed by atoms with van der Waals surface area (Å²) in [6.07, 6.45) is 5.06. The van der Waals surface area contributed by atoms with Crippen LogP contribution in [-0.2, 0) is 0 Å². The number of nitrogens with zero attached hydrogens (tertiary/aromatic N) is 2. The summed E-state index contributed by atoms with van der Waals surface area (Å²) < 4.78 is 0. The topological polar surface area (TPSA) is 49.6 Å². The van der Waals surface area contributed by atoms with Gasteiger partial charge in [-0.05, 0) is 24.6 Å². The number of nitrogens with two attached hydrogens (primary N) is 1. The molecule has 0 radical (unpaired) electrons. The molecule has 1 aromatic carbocycles. The molecule has 4 heteroatoms. The highest BCUT2D eigenvalue weighted by molar-refractivity contribution is 5.96. The molecular formula is C14H19N3O. The molecule has 0 bridgehead atoms. The van der Waals surface area contributed by atoms with E-state index in [0.717, 1.165) is 18.7 Å². The Morgan fingerprint density at radius 2 is 2.11 bits per heavy atom. The number of carbonyl (C=O) groups is 1. The van der Waals surface area contributed by atoms with Gasteiger partial charge in [0.2, 0.25) is 0 Å². The number of rotatable bonds is 2. The number of nitrogen functional groups attached to an aromatic ring is 1. The second kappa shape index (κ2) is 5.12. The van der Waals surface area contributed by atoms with Crippen LogP contribution in [0, 0.1) is 0 Å². The van der Waals surface area contributed by atoms with Crippen molar-refractivity contribution in [3.05, 3.63) is 35.9 Å². The van der Waals surface area contributed by atoms with Crippen LogP contribution in [0.2, 0.25) is 0 Å². The summed E-state index contributed by atoms with van der Waals surface area (Å²) >= 11 is 0. The van der Waals surface area contributed by atoms with Crippen LogP contribution in [-0.4, -0.2) is 38.0 Å². The Balaban J connectivity index is 2.21. The summed E-state index contributed by atoms with van der Waals surface area (Å²) in [5.74, 6) is 0.0522. The van der Waals surface area contributed by atoms with E-state index in [2.05, 4.69) is 6.08 Å². The summed E-state index contributed by atoms with van der Waals surface area (Å²) in [7, 11) is 3.87. The van der Waals surface area contributed by atoms with E-state index in [1.54, 1.807) is 6.07 Å². The first-order chi connectivity index (χ1) is 8.59. The Kier molecular flexibility index (Phi) is 3.55. The van der Waals surface area contributed by atoms with Crippen LogP contribution < -0.4 is 10.6 Å². The summed E-state index contributed by atoms with van der Waals surface area (Å²) in [6.45, 7) is 1.47. The molecule has 1 aromatic rings. The van der Waals surface area contributed by atoms with E-state index < -0.39 is 0 Å². The fourth-order valence-corrected chi connectivity index (χ4v) is 2.10. The third-order valence-corrected chi connectivity index (χ3v) is 3.10. The van der Waals surface area contributed by atoms with Crippen LogP contribution >= 0.6 is 0 Å². The van der Waals surface area contributed by atoms with Crippen molar-refractivity contribution in [3.63, 3.8) is 0 Å². The van der Waals surface area contributed by atoms with Crippen molar-refractivity contribution >= 4 is 17.3 Å². The van der Waals surface area contributed by atoms with Crippen LogP contribution in [0.1, 0.15) is 16.8 Å². The molecule has 18 heavy (non-hydrogen) atoms. The molecule has 0 spiro atoms. The van der Waals surface area contributed by atoms with E-state index in [4.69, 9.17) is 5.73 Å². The van der Waals surface area contributed by atoms with E-state index in [9.17, 15) is 4.79 Å². The molecule has 1 heterocycles. The van der Waals surface area contributed by atoms with E-state index in [-0.39, 0.29) is 5.91 Å². The quantitative estimate of drug-likeness (QED) is 0.638. The number of hydrogen-bond acceptors (Lipinski definition) is 3. The van der Waals surface area contributed by atoms with Crippen LogP contribution in [0.5, 0.6) is 0 Å². The molecule has 2 rings (SSSR count). The smallest absolute Gasteiger partial charge is 0.254 e. The maximum Gasteiger partial charge on any atom is 0.254 e. The highest BCUT2D eigenvalue weighted by Gasteiger charge is 2.16. The Hall–Kier alpha value is -1.97. The lowest BCUT2D eigenvalue weighted by atomic mass is 10.1. The standard InChI is InChI=1S/C14H19N3O/c1-16(2)13-7-6-11(10-12(13)15)14(18)17-8-4-3-5-9-17/h3-4,6-7,10H,5,8-9,15H2,1-2H3. The summed E-state index contributed by atoms with van der Waals surface area (Å²) in [4.78, 5) is 16.0. The predicted molar refractivity (Wildman–Crippen MR) is 74.8 cm³/mol. The van der Waals surface area contributed by atoms with Gasteiger partial charge >= 0.3 is 0 Å². The first-order valence-electron chi connectivity index (χ1n) is 6.10. The summed E-state index contributed by atoms with van der Waals surface area (Å²) in [6, 6.07) is 5.49. The van der Waals surface area contributed by atoms with Crippen molar-refractivity contribution in [1.29, 1.82) is 0 Å².